The van der Waals surface area contributed by atoms with Gasteiger partial charge in [-0.15, -0.1) is 0 Å². The molecule has 0 aliphatic heterocycles. The van der Waals surface area contributed by atoms with Gasteiger partial charge in [-0.1, -0.05) is 35.5 Å². The van der Waals surface area contributed by atoms with Gasteiger partial charge in [0.1, 0.15) is 11.6 Å². The first kappa shape index (κ1) is 12.2. The summed E-state index contributed by atoms with van der Waals surface area (Å²) in [5.74, 6) is -1.38. The highest BCUT2D eigenvalue weighted by molar-refractivity contribution is 7.99. The van der Waals surface area contributed by atoms with Gasteiger partial charge < -0.3 is 5.73 Å². The maximum Gasteiger partial charge on any atom is 0.142 e. The SMILES string of the molecule is Nc1cc(F)c(Sc2ccccc2Cl)c(F)c1. The van der Waals surface area contributed by atoms with Gasteiger partial charge in [0.2, 0.25) is 0 Å². The molecule has 0 aliphatic carbocycles. The molecule has 0 spiro atoms. The Morgan fingerprint density at radius 1 is 1.06 bits per heavy atom. The standard InChI is InChI=1S/C12H8ClF2NS/c13-8-3-1-2-4-11(8)17-12-9(14)5-7(16)6-10(12)15/h1-6H,16H2. The van der Waals surface area contributed by atoms with Crippen LogP contribution in [0.3, 0.4) is 0 Å². The van der Waals surface area contributed by atoms with Gasteiger partial charge in [0, 0.05) is 10.6 Å². The minimum atomic E-state index is -0.688. The lowest BCUT2D eigenvalue weighted by Crippen LogP contribution is -1.93. The van der Waals surface area contributed by atoms with Crippen LogP contribution in [0.1, 0.15) is 0 Å². The van der Waals surface area contributed by atoms with Gasteiger partial charge in [-0.3, -0.25) is 0 Å². The summed E-state index contributed by atoms with van der Waals surface area (Å²) in [4.78, 5) is 0.490. The normalized spacial score (nSPS) is 10.5. The van der Waals surface area contributed by atoms with E-state index in [0.717, 1.165) is 23.9 Å². The van der Waals surface area contributed by atoms with Crippen molar-refractivity contribution in [3.63, 3.8) is 0 Å². The van der Waals surface area contributed by atoms with E-state index in [2.05, 4.69) is 0 Å². The Morgan fingerprint density at radius 2 is 1.65 bits per heavy atom. The molecule has 0 amide bonds. The fraction of sp³-hybridized carbons (Fsp3) is 0. The number of hydrogen-bond donors (Lipinski definition) is 1. The Bertz CT molecular complexity index is 537. The van der Waals surface area contributed by atoms with Crippen LogP contribution in [0.25, 0.3) is 0 Å². The average molecular weight is 272 g/mol. The van der Waals surface area contributed by atoms with Crippen LogP contribution in [0.5, 0.6) is 0 Å². The molecule has 0 heterocycles. The Hall–Kier alpha value is -1.26. The highest BCUT2D eigenvalue weighted by Gasteiger charge is 2.13. The third-order valence-corrected chi connectivity index (χ3v) is 3.68. The quantitative estimate of drug-likeness (QED) is 0.822. The fourth-order valence-electron chi connectivity index (χ4n) is 1.31. The average Bonchev–Trinajstić information content (AvgIpc) is 2.25. The first-order valence-electron chi connectivity index (χ1n) is 4.75. The molecule has 17 heavy (non-hydrogen) atoms. The zero-order valence-corrected chi connectivity index (χ0v) is 10.2. The van der Waals surface area contributed by atoms with Crippen LogP contribution in [0, 0.1) is 11.6 Å². The number of rotatable bonds is 2. The lowest BCUT2D eigenvalue weighted by atomic mass is 10.3. The first-order chi connectivity index (χ1) is 8.08. The van der Waals surface area contributed by atoms with Crippen molar-refractivity contribution in [3.05, 3.63) is 53.1 Å². The van der Waals surface area contributed by atoms with E-state index in [9.17, 15) is 8.78 Å². The summed E-state index contributed by atoms with van der Waals surface area (Å²) < 4.78 is 27.1. The molecule has 0 aliphatic rings. The molecule has 1 nitrogen and oxygen atoms in total. The van der Waals surface area contributed by atoms with E-state index in [1.807, 2.05) is 0 Å². The lowest BCUT2D eigenvalue weighted by molar-refractivity contribution is 0.542. The van der Waals surface area contributed by atoms with Crippen LogP contribution in [-0.2, 0) is 0 Å². The number of hydrogen-bond acceptors (Lipinski definition) is 2. The van der Waals surface area contributed by atoms with Crippen molar-refractivity contribution < 1.29 is 8.78 Å². The number of anilines is 1. The van der Waals surface area contributed by atoms with Crippen LogP contribution < -0.4 is 5.73 Å². The molecule has 0 saturated carbocycles. The summed E-state index contributed by atoms with van der Waals surface area (Å²) in [6.45, 7) is 0. The number of nitrogens with two attached hydrogens (primary N) is 1. The highest BCUT2D eigenvalue weighted by atomic mass is 35.5. The second-order valence-corrected chi connectivity index (χ2v) is 4.81. The third-order valence-electron chi connectivity index (χ3n) is 2.07. The molecule has 0 bridgehead atoms. The van der Waals surface area contributed by atoms with Crippen LogP contribution in [0.4, 0.5) is 14.5 Å². The fourth-order valence-corrected chi connectivity index (χ4v) is 2.41. The smallest absolute Gasteiger partial charge is 0.142 e. The van der Waals surface area contributed by atoms with Crippen LogP contribution >= 0.6 is 23.4 Å². The molecule has 0 saturated heterocycles. The molecular weight excluding hydrogens is 264 g/mol. The molecule has 0 radical (unpaired) electrons. The minimum absolute atomic E-state index is 0.0588. The molecule has 2 aromatic carbocycles. The molecular formula is C12H8ClF2NS. The number of nitrogen functional groups attached to an aromatic ring is 1. The van der Waals surface area contributed by atoms with E-state index in [0.29, 0.717) is 9.92 Å². The van der Waals surface area contributed by atoms with Crippen molar-refractivity contribution in [2.45, 2.75) is 9.79 Å². The molecule has 0 unspecified atom stereocenters. The second-order valence-electron chi connectivity index (χ2n) is 3.35. The summed E-state index contributed by atoms with van der Waals surface area (Å²) in [6.07, 6.45) is 0. The predicted molar refractivity (Wildman–Crippen MR) is 66.3 cm³/mol. The molecule has 2 N–H and O–H groups in total. The van der Waals surface area contributed by atoms with Crippen molar-refractivity contribution in [1.82, 2.24) is 0 Å². The van der Waals surface area contributed by atoms with Crippen LogP contribution in [0.15, 0.2) is 46.2 Å². The van der Waals surface area contributed by atoms with Gasteiger partial charge >= 0.3 is 0 Å². The molecule has 88 valence electrons. The van der Waals surface area contributed by atoms with E-state index in [1.54, 1.807) is 24.3 Å². The largest absolute Gasteiger partial charge is 0.399 e. The monoisotopic (exact) mass is 271 g/mol. The molecule has 5 heteroatoms. The van der Waals surface area contributed by atoms with E-state index in [1.165, 1.54) is 0 Å². The van der Waals surface area contributed by atoms with Crippen LogP contribution in [-0.4, -0.2) is 0 Å². The lowest BCUT2D eigenvalue weighted by Gasteiger charge is -2.07. The van der Waals surface area contributed by atoms with Gasteiger partial charge in [0.05, 0.1) is 9.92 Å². The molecule has 0 aromatic heterocycles. The summed E-state index contributed by atoms with van der Waals surface area (Å²) in [6, 6.07) is 9.03. The number of halogens is 3. The van der Waals surface area contributed by atoms with E-state index in [4.69, 9.17) is 17.3 Å². The third kappa shape index (κ3) is 2.70. The summed E-state index contributed by atoms with van der Waals surface area (Å²) in [5, 5.41) is 0.452. The van der Waals surface area contributed by atoms with Crippen molar-refractivity contribution >= 4 is 29.1 Å². The minimum Gasteiger partial charge on any atom is -0.399 e. The van der Waals surface area contributed by atoms with E-state index in [-0.39, 0.29) is 10.6 Å². The molecule has 2 rings (SSSR count). The molecule has 0 fully saturated rings. The number of benzene rings is 2. The summed E-state index contributed by atoms with van der Waals surface area (Å²) in [7, 11) is 0. The van der Waals surface area contributed by atoms with Crippen molar-refractivity contribution in [1.29, 1.82) is 0 Å². The zero-order valence-electron chi connectivity index (χ0n) is 8.58. The Labute approximate surface area is 107 Å². The summed E-state index contributed by atoms with van der Waals surface area (Å²) >= 11 is 6.86. The Kier molecular flexibility index (Phi) is 3.54. The summed E-state index contributed by atoms with van der Waals surface area (Å²) in [5.41, 5.74) is 5.40. The maximum atomic E-state index is 13.5. The van der Waals surface area contributed by atoms with Crippen molar-refractivity contribution in [2.75, 3.05) is 5.73 Å². The van der Waals surface area contributed by atoms with E-state index >= 15 is 0 Å². The van der Waals surface area contributed by atoms with Crippen molar-refractivity contribution in [3.8, 4) is 0 Å². The van der Waals surface area contributed by atoms with Crippen LogP contribution in [0.2, 0.25) is 5.02 Å². The first-order valence-corrected chi connectivity index (χ1v) is 5.94. The topological polar surface area (TPSA) is 26.0 Å². The van der Waals surface area contributed by atoms with Gasteiger partial charge in [0.25, 0.3) is 0 Å². The predicted octanol–water partition coefficient (Wildman–Crippen LogP) is 4.35. The zero-order chi connectivity index (χ0) is 12.4. The Morgan fingerprint density at radius 3 is 2.24 bits per heavy atom. The second kappa shape index (κ2) is 4.94. The van der Waals surface area contributed by atoms with Gasteiger partial charge in [-0.2, -0.15) is 0 Å². The van der Waals surface area contributed by atoms with Gasteiger partial charge in [-0.25, -0.2) is 8.78 Å². The highest BCUT2D eigenvalue weighted by Crippen LogP contribution is 2.36. The van der Waals surface area contributed by atoms with Gasteiger partial charge in [0.15, 0.2) is 0 Å². The Balaban J connectivity index is 2.40. The molecule has 2 aromatic rings. The molecule has 0 atom stereocenters. The van der Waals surface area contributed by atoms with Crippen molar-refractivity contribution in [2.24, 2.45) is 0 Å². The van der Waals surface area contributed by atoms with Gasteiger partial charge in [-0.05, 0) is 24.3 Å². The maximum absolute atomic E-state index is 13.5. The van der Waals surface area contributed by atoms with E-state index < -0.39 is 11.6 Å².